The Kier molecular flexibility index (Phi) is 5.16. The van der Waals surface area contributed by atoms with Crippen molar-refractivity contribution in [1.82, 2.24) is 9.80 Å². The van der Waals surface area contributed by atoms with Crippen LogP contribution in [-0.2, 0) is 10.2 Å². The normalized spacial score (nSPS) is 21.7. The number of benzene rings is 1. The number of hydrogen-bond donors (Lipinski definition) is 0. The molecule has 136 valence electrons. The van der Waals surface area contributed by atoms with Crippen LogP contribution in [-0.4, -0.2) is 47.8 Å². The van der Waals surface area contributed by atoms with Crippen molar-refractivity contribution in [3.8, 4) is 0 Å². The van der Waals surface area contributed by atoms with Crippen LogP contribution < -0.4 is 0 Å². The second-order valence-corrected chi connectivity index (χ2v) is 8.53. The molecular formula is C21H30N2O2. The Morgan fingerprint density at radius 2 is 1.84 bits per heavy atom. The number of carbonyl (C=O) groups is 2. The fourth-order valence-electron chi connectivity index (χ4n) is 3.90. The molecule has 0 aromatic heterocycles. The third-order valence-corrected chi connectivity index (χ3v) is 5.45. The van der Waals surface area contributed by atoms with Crippen molar-refractivity contribution in [1.29, 1.82) is 0 Å². The molecule has 2 amide bonds. The molecule has 1 aromatic rings. The number of amides is 2. The van der Waals surface area contributed by atoms with Gasteiger partial charge in [0.25, 0.3) is 5.91 Å². The molecule has 2 heterocycles. The smallest absolute Gasteiger partial charge is 0.253 e. The van der Waals surface area contributed by atoms with Gasteiger partial charge in [0.15, 0.2) is 0 Å². The minimum Gasteiger partial charge on any atom is -0.342 e. The minimum atomic E-state index is 0.0973. The lowest BCUT2D eigenvalue weighted by Crippen LogP contribution is -2.44. The first kappa shape index (κ1) is 18.0. The number of carbonyl (C=O) groups excluding carboxylic acids is 2. The van der Waals surface area contributed by atoms with E-state index in [1.54, 1.807) is 0 Å². The Bertz CT molecular complexity index is 630. The van der Waals surface area contributed by atoms with Crippen LogP contribution in [0.2, 0.25) is 0 Å². The summed E-state index contributed by atoms with van der Waals surface area (Å²) in [5.74, 6) is 0.813. The van der Waals surface area contributed by atoms with E-state index in [2.05, 4.69) is 32.9 Å². The molecule has 0 saturated carbocycles. The molecule has 2 aliphatic heterocycles. The Morgan fingerprint density at radius 1 is 1.12 bits per heavy atom. The minimum absolute atomic E-state index is 0.0973. The predicted octanol–water partition coefficient (Wildman–Crippen LogP) is 3.46. The summed E-state index contributed by atoms with van der Waals surface area (Å²) in [5, 5.41) is 0. The van der Waals surface area contributed by atoms with Crippen LogP contribution in [0.15, 0.2) is 24.3 Å². The highest BCUT2D eigenvalue weighted by Crippen LogP contribution is 2.24. The average Bonchev–Trinajstić information content (AvgIpc) is 2.99. The number of piperidine rings is 1. The largest absolute Gasteiger partial charge is 0.342 e. The van der Waals surface area contributed by atoms with Gasteiger partial charge in [-0.2, -0.15) is 0 Å². The van der Waals surface area contributed by atoms with Crippen molar-refractivity contribution in [2.75, 3.05) is 26.2 Å². The van der Waals surface area contributed by atoms with E-state index in [1.807, 2.05) is 21.9 Å². The highest BCUT2D eigenvalue weighted by molar-refractivity contribution is 5.94. The van der Waals surface area contributed by atoms with Gasteiger partial charge in [-0.15, -0.1) is 0 Å². The monoisotopic (exact) mass is 342 g/mol. The summed E-state index contributed by atoms with van der Waals surface area (Å²) in [5.41, 5.74) is 2.11. The van der Waals surface area contributed by atoms with Crippen LogP contribution >= 0.6 is 0 Å². The van der Waals surface area contributed by atoms with E-state index >= 15 is 0 Å². The van der Waals surface area contributed by atoms with Crippen LogP contribution in [0.25, 0.3) is 0 Å². The van der Waals surface area contributed by atoms with Gasteiger partial charge >= 0.3 is 0 Å². The molecule has 1 unspecified atom stereocenters. The molecule has 2 aliphatic rings. The number of nitrogens with zero attached hydrogens (tertiary/aromatic N) is 2. The Balaban J connectivity index is 1.62. The molecule has 4 nitrogen and oxygen atoms in total. The second kappa shape index (κ2) is 7.19. The zero-order valence-corrected chi connectivity index (χ0v) is 15.8. The SMILES string of the molecule is CC(C)(C)c1ccc(C(=O)N2CCCC(CN3CCCC3=O)C2)cc1. The van der Waals surface area contributed by atoms with Gasteiger partial charge in [-0.3, -0.25) is 9.59 Å². The molecule has 1 atom stereocenters. The fourth-order valence-corrected chi connectivity index (χ4v) is 3.90. The molecular weight excluding hydrogens is 312 g/mol. The number of rotatable bonds is 3. The van der Waals surface area contributed by atoms with E-state index < -0.39 is 0 Å². The van der Waals surface area contributed by atoms with Gasteiger partial charge in [0.2, 0.25) is 5.91 Å². The molecule has 0 aliphatic carbocycles. The fraction of sp³-hybridized carbons (Fsp3) is 0.619. The molecule has 0 radical (unpaired) electrons. The predicted molar refractivity (Wildman–Crippen MR) is 99.6 cm³/mol. The average molecular weight is 342 g/mol. The second-order valence-electron chi connectivity index (χ2n) is 8.53. The highest BCUT2D eigenvalue weighted by atomic mass is 16.2. The molecule has 2 saturated heterocycles. The first-order chi connectivity index (χ1) is 11.8. The van der Waals surface area contributed by atoms with E-state index in [0.717, 1.165) is 51.0 Å². The van der Waals surface area contributed by atoms with Gasteiger partial charge in [-0.25, -0.2) is 0 Å². The molecule has 0 spiro atoms. The summed E-state index contributed by atoms with van der Waals surface area (Å²) in [7, 11) is 0. The maximum absolute atomic E-state index is 12.9. The van der Waals surface area contributed by atoms with Gasteiger partial charge in [-0.05, 0) is 48.3 Å². The summed E-state index contributed by atoms with van der Waals surface area (Å²) in [6, 6.07) is 8.04. The van der Waals surface area contributed by atoms with Crippen LogP contribution in [0, 0.1) is 5.92 Å². The van der Waals surface area contributed by atoms with Crippen molar-refractivity contribution in [3.05, 3.63) is 35.4 Å². The highest BCUT2D eigenvalue weighted by Gasteiger charge is 2.29. The maximum atomic E-state index is 12.9. The van der Waals surface area contributed by atoms with Crippen molar-refractivity contribution in [2.45, 2.75) is 51.9 Å². The lowest BCUT2D eigenvalue weighted by atomic mass is 9.86. The van der Waals surface area contributed by atoms with Crippen LogP contribution in [0.4, 0.5) is 0 Å². The van der Waals surface area contributed by atoms with Crippen molar-refractivity contribution in [2.24, 2.45) is 5.92 Å². The van der Waals surface area contributed by atoms with E-state index in [-0.39, 0.29) is 17.2 Å². The van der Waals surface area contributed by atoms with Gasteiger partial charge in [0.05, 0.1) is 0 Å². The topological polar surface area (TPSA) is 40.6 Å². The summed E-state index contributed by atoms with van der Waals surface area (Å²) in [6.45, 7) is 9.83. The number of hydrogen-bond acceptors (Lipinski definition) is 2. The Labute approximate surface area is 151 Å². The van der Waals surface area contributed by atoms with Gasteiger partial charge in [-0.1, -0.05) is 32.9 Å². The van der Waals surface area contributed by atoms with Crippen LogP contribution in [0.3, 0.4) is 0 Å². The number of likely N-dealkylation sites (tertiary alicyclic amines) is 2. The van der Waals surface area contributed by atoms with Crippen LogP contribution in [0.5, 0.6) is 0 Å². The van der Waals surface area contributed by atoms with E-state index in [9.17, 15) is 9.59 Å². The molecule has 3 rings (SSSR count). The van der Waals surface area contributed by atoms with Crippen molar-refractivity contribution >= 4 is 11.8 Å². The summed E-state index contributed by atoms with van der Waals surface area (Å²) in [4.78, 5) is 28.7. The summed E-state index contributed by atoms with van der Waals surface area (Å²) >= 11 is 0. The van der Waals surface area contributed by atoms with Gasteiger partial charge in [0.1, 0.15) is 0 Å². The molecule has 0 N–H and O–H groups in total. The standard InChI is InChI=1S/C21H30N2O2/c1-21(2,3)18-10-8-17(9-11-18)20(25)23-13-4-6-16(15-23)14-22-12-5-7-19(22)24/h8-11,16H,4-7,12-15H2,1-3H3. The molecule has 2 fully saturated rings. The third-order valence-electron chi connectivity index (χ3n) is 5.45. The van der Waals surface area contributed by atoms with Gasteiger partial charge < -0.3 is 9.80 Å². The van der Waals surface area contributed by atoms with Crippen LogP contribution in [0.1, 0.15) is 62.4 Å². The lowest BCUT2D eigenvalue weighted by molar-refractivity contribution is -0.128. The van der Waals surface area contributed by atoms with E-state index in [4.69, 9.17) is 0 Å². The molecule has 0 bridgehead atoms. The van der Waals surface area contributed by atoms with Crippen molar-refractivity contribution < 1.29 is 9.59 Å². The maximum Gasteiger partial charge on any atom is 0.253 e. The molecule has 25 heavy (non-hydrogen) atoms. The lowest BCUT2D eigenvalue weighted by Gasteiger charge is -2.35. The third kappa shape index (κ3) is 4.23. The van der Waals surface area contributed by atoms with E-state index in [1.165, 1.54) is 5.56 Å². The quantitative estimate of drug-likeness (QED) is 0.844. The summed E-state index contributed by atoms with van der Waals surface area (Å²) < 4.78 is 0. The Hall–Kier alpha value is -1.84. The zero-order chi connectivity index (χ0) is 18.0. The zero-order valence-electron chi connectivity index (χ0n) is 15.8. The Morgan fingerprint density at radius 3 is 2.44 bits per heavy atom. The summed E-state index contributed by atoms with van der Waals surface area (Å²) in [6.07, 6.45) is 3.80. The first-order valence-corrected chi connectivity index (χ1v) is 9.52. The van der Waals surface area contributed by atoms with Gasteiger partial charge in [0, 0.05) is 38.2 Å². The first-order valence-electron chi connectivity index (χ1n) is 9.52. The molecule has 1 aromatic carbocycles. The van der Waals surface area contributed by atoms with E-state index in [0.29, 0.717) is 12.3 Å². The molecule has 4 heteroatoms. The van der Waals surface area contributed by atoms with Crippen molar-refractivity contribution in [3.63, 3.8) is 0 Å².